The van der Waals surface area contributed by atoms with Crippen LogP contribution < -0.4 is 10.1 Å². The van der Waals surface area contributed by atoms with Crippen LogP contribution in [0.25, 0.3) is 5.76 Å². The van der Waals surface area contributed by atoms with Gasteiger partial charge in [-0.3, -0.25) is 9.78 Å². The lowest BCUT2D eigenvalue weighted by atomic mass is 9.90. The van der Waals surface area contributed by atoms with E-state index in [1.807, 2.05) is 30.3 Å². The number of amides is 1. The zero-order valence-electron chi connectivity index (χ0n) is 16.0. The highest BCUT2D eigenvalue weighted by atomic mass is 19.4. The Bertz CT molecular complexity index is 882. The maximum absolute atomic E-state index is 12.8. The number of rotatable bonds is 6. The molecule has 2 heterocycles. The molecule has 0 fully saturated rings. The van der Waals surface area contributed by atoms with Gasteiger partial charge in [-0.1, -0.05) is 30.3 Å². The van der Waals surface area contributed by atoms with Crippen molar-refractivity contribution in [1.82, 2.24) is 10.3 Å². The van der Waals surface area contributed by atoms with Crippen LogP contribution in [0.4, 0.5) is 13.2 Å². The first-order chi connectivity index (χ1) is 13.7. The summed E-state index contributed by atoms with van der Waals surface area (Å²) in [5.74, 6) is 0.437. The standard InChI is InChI=1S/C21H21F3N2O3/c1-14(17-9-8-16(11-25-17)28-13-21(22,23)24)26-19(27)20(2)10-18(29-12-20)15-6-4-3-5-7-15/h3-11,14H,12-13H2,1-2H3,(H,26,27)/t14?,20-/m1/s1. The summed E-state index contributed by atoms with van der Waals surface area (Å²) in [6.45, 7) is 2.37. The summed E-state index contributed by atoms with van der Waals surface area (Å²) in [7, 11) is 0. The Kier molecular flexibility index (Phi) is 5.81. The molecular formula is C21H21F3N2O3. The van der Waals surface area contributed by atoms with Gasteiger partial charge in [0.05, 0.1) is 17.9 Å². The molecule has 2 aromatic rings. The number of benzene rings is 1. The van der Waals surface area contributed by atoms with Gasteiger partial charge in [-0.15, -0.1) is 0 Å². The monoisotopic (exact) mass is 406 g/mol. The molecule has 1 N–H and O–H groups in total. The average molecular weight is 406 g/mol. The van der Waals surface area contributed by atoms with E-state index < -0.39 is 24.2 Å². The summed E-state index contributed by atoms with van der Waals surface area (Å²) in [5.41, 5.74) is 0.565. The minimum Gasteiger partial charge on any atom is -0.492 e. The Morgan fingerprint density at radius 1 is 1.28 bits per heavy atom. The Balaban J connectivity index is 1.62. The zero-order chi connectivity index (χ0) is 21.1. The number of hydrogen-bond acceptors (Lipinski definition) is 4. The minimum atomic E-state index is -4.41. The molecule has 1 amide bonds. The molecule has 0 aliphatic carbocycles. The summed E-state index contributed by atoms with van der Waals surface area (Å²) in [6.07, 6.45) is -1.41. The van der Waals surface area contributed by atoms with E-state index in [9.17, 15) is 18.0 Å². The number of nitrogens with one attached hydrogen (secondary N) is 1. The molecule has 0 spiro atoms. The minimum absolute atomic E-state index is 0.0104. The lowest BCUT2D eigenvalue weighted by Gasteiger charge is -2.22. The first-order valence-electron chi connectivity index (χ1n) is 9.04. The second-order valence-corrected chi connectivity index (χ2v) is 7.10. The van der Waals surface area contributed by atoms with E-state index >= 15 is 0 Å². The number of carbonyl (C=O) groups is 1. The highest BCUT2D eigenvalue weighted by Gasteiger charge is 2.38. The van der Waals surface area contributed by atoms with Gasteiger partial charge in [0.15, 0.2) is 6.61 Å². The van der Waals surface area contributed by atoms with Gasteiger partial charge in [-0.2, -0.15) is 13.2 Å². The van der Waals surface area contributed by atoms with Gasteiger partial charge in [-0.25, -0.2) is 0 Å². The molecule has 1 aliphatic rings. The van der Waals surface area contributed by atoms with Gasteiger partial charge < -0.3 is 14.8 Å². The predicted molar refractivity (Wildman–Crippen MR) is 101 cm³/mol. The Hall–Kier alpha value is -3.03. The largest absolute Gasteiger partial charge is 0.492 e. The molecule has 0 radical (unpaired) electrons. The molecule has 1 aliphatic heterocycles. The summed E-state index contributed by atoms with van der Waals surface area (Å²) in [5, 5.41) is 2.88. The molecule has 1 aromatic heterocycles. The van der Waals surface area contributed by atoms with Crippen LogP contribution in [0.1, 0.15) is 31.1 Å². The van der Waals surface area contributed by atoms with Crippen LogP contribution in [0.3, 0.4) is 0 Å². The zero-order valence-corrected chi connectivity index (χ0v) is 16.0. The first kappa shape index (κ1) is 20.7. The van der Waals surface area contributed by atoms with Crippen LogP contribution >= 0.6 is 0 Å². The number of halogens is 3. The van der Waals surface area contributed by atoms with E-state index in [2.05, 4.69) is 15.0 Å². The van der Waals surface area contributed by atoms with Crippen molar-refractivity contribution < 1.29 is 27.4 Å². The third kappa shape index (κ3) is 5.28. The van der Waals surface area contributed by atoms with Crippen molar-refractivity contribution >= 4 is 11.7 Å². The summed E-state index contributed by atoms with van der Waals surface area (Å²) < 4.78 is 47.0. The molecule has 5 nitrogen and oxygen atoms in total. The van der Waals surface area contributed by atoms with Crippen molar-refractivity contribution in [3.63, 3.8) is 0 Å². The van der Waals surface area contributed by atoms with E-state index in [-0.39, 0.29) is 18.3 Å². The van der Waals surface area contributed by atoms with E-state index in [0.717, 1.165) is 5.56 Å². The topological polar surface area (TPSA) is 60.5 Å². The fourth-order valence-corrected chi connectivity index (χ4v) is 2.83. The fraction of sp³-hybridized carbons (Fsp3) is 0.333. The van der Waals surface area contributed by atoms with Gasteiger partial charge in [0.1, 0.15) is 23.5 Å². The Morgan fingerprint density at radius 2 is 2.00 bits per heavy atom. The number of ether oxygens (including phenoxy) is 2. The molecule has 1 unspecified atom stereocenters. The van der Waals surface area contributed by atoms with Gasteiger partial charge >= 0.3 is 6.18 Å². The van der Waals surface area contributed by atoms with Gasteiger partial charge in [0.25, 0.3) is 0 Å². The highest BCUT2D eigenvalue weighted by Crippen LogP contribution is 2.34. The predicted octanol–water partition coefficient (Wildman–Crippen LogP) is 4.28. The first-order valence-corrected chi connectivity index (χ1v) is 9.04. The molecule has 0 saturated carbocycles. The van der Waals surface area contributed by atoms with Gasteiger partial charge in [0.2, 0.25) is 5.91 Å². The van der Waals surface area contributed by atoms with Crippen LogP contribution in [-0.4, -0.2) is 30.3 Å². The van der Waals surface area contributed by atoms with Crippen molar-refractivity contribution in [2.24, 2.45) is 5.41 Å². The van der Waals surface area contributed by atoms with Crippen molar-refractivity contribution in [1.29, 1.82) is 0 Å². The van der Waals surface area contributed by atoms with E-state index in [0.29, 0.717) is 11.5 Å². The highest BCUT2D eigenvalue weighted by molar-refractivity contribution is 5.87. The average Bonchev–Trinajstić information content (AvgIpc) is 3.10. The van der Waals surface area contributed by atoms with Crippen LogP contribution in [0.15, 0.2) is 54.7 Å². The van der Waals surface area contributed by atoms with Crippen molar-refractivity contribution in [2.45, 2.75) is 26.1 Å². The lowest BCUT2D eigenvalue weighted by Crippen LogP contribution is -2.40. The molecule has 154 valence electrons. The second-order valence-electron chi connectivity index (χ2n) is 7.10. The number of pyridine rings is 1. The number of nitrogens with zero attached hydrogens (tertiary/aromatic N) is 1. The quantitative estimate of drug-likeness (QED) is 0.778. The van der Waals surface area contributed by atoms with E-state index in [1.54, 1.807) is 19.9 Å². The summed E-state index contributed by atoms with van der Waals surface area (Å²) >= 11 is 0. The van der Waals surface area contributed by atoms with E-state index in [1.165, 1.54) is 18.3 Å². The van der Waals surface area contributed by atoms with Crippen LogP contribution in [0, 0.1) is 5.41 Å². The third-order valence-electron chi connectivity index (χ3n) is 4.51. The molecule has 0 saturated heterocycles. The van der Waals surface area contributed by atoms with E-state index in [4.69, 9.17) is 4.74 Å². The van der Waals surface area contributed by atoms with Crippen LogP contribution in [-0.2, 0) is 9.53 Å². The normalized spacial score (nSPS) is 19.8. The van der Waals surface area contributed by atoms with Crippen LogP contribution in [0.5, 0.6) is 5.75 Å². The lowest BCUT2D eigenvalue weighted by molar-refractivity contribution is -0.153. The molecule has 0 bridgehead atoms. The smallest absolute Gasteiger partial charge is 0.422 e. The Labute approximate surface area is 166 Å². The van der Waals surface area contributed by atoms with Crippen molar-refractivity contribution in [3.8, 4) is 5.75 Å². The molecular weight excluding hydrogens is 385 g/mol. The second kappa shape index (κ2) is 8.14. The van der Waals surface area contributed by atoms with Gasteiger partial charge in [-0.05, 0) is 32.1 Å². The fourth-order valence-electron chi connectivity index (χ4n) is 2.83. The third-order valence-corrected chi connectivity index (χ3v) is 4.51. The van der Waals surface area contributed by atoms with Crippen LogP contribution in [0.2, 0.25) is 0 Å². The number of hydrogen-bond donors (Lipinski definition) is 1. The number of alkyl halides is 3. The van der Waals surface area contributed by atoms with Crippen molar-refractivity contribution in [2.75, 3.05) is 13.2 Å². The maximum atomic E-state index is 12.8. The molecule has 8 heteroatoms. The Morgan fingerprint density at radius 3 is 2.62 bits per heavy atom. The SMILES string of the molecule is CC(NC(=O)[C@]1(C)C=C(c2ccccc2)OC1)c1ccc(OCC(F)(F)F)cn1. The summed E-state index contributed by atoms with van der Waals surface area (Å²) in [4.78, 5) is 16.9. The molecule has 2 atom stereocenters. The van der Waals surface area contributed by atoms with Crippen molar-refractivity contribution in [3.05, 3.63) is 66.0 Å². The number of aromatic nitrogens is 1. The molecule has 1 aromatic carbocycles. The summed E-state index contributed by atoms with van der Waals surface area (Å²) in [6, 6.07) is 12.0. The molecule has 29 heavy (non-hydrogen) atoms. The molecule has 3 rings (SSSR count). The van der Waals surface area contributed by atoms with Gasteiger partial charge in [0, 0.05) is 5.56 Å². The number of carbonyl (C=O) groups excluding carboxylic acids is 1. The maximum Gasteiger partial charge on any atom is 0.422 e.